The van der Waals surface area contributed by atoms with Gasteiger partial charge in [-0.15, -0.1) is 0 Å². The minimum Gasteiger partial charge on any atom is -0.342 e. The number of hydrogen-bond donors (Lipinski definition) is 1. The van der Waals surface area contributed by atoms with Gasteiger partial charge in [-0.1, -0.05) is 12.1 Å². The zero-order valence-electron chi connectivity index (χ0n) is 15.1. The standard InChI is InChI=1S/C18H27N3O3/c1-6-21(7-2)17(23)12-20(5)13(3)18(24)19-16-11-9-8-10-15(16)14(4)22/h8-11,13H,6-7,12H2,1-5H3,(H,19,24). The zero-order chi connectivity index (χ0) is 18.3. The Balaban J connectivity index is 2.74. The number of para-hydroxylation sites is 1. The molecule has 0 spiro atoms. The van der Waals surface area contributed by atoms with Gasteiger partial charge in [0, 0.05) is 18.7 Å². The van der Waals surface area contributed by atoms with Gasteiger partial charge in [0.25, 0.3) is 0 Å². The summed E-state index contributed by atoms with van der Waals surface area (Å²) in [5.74, 6) is -0.367. The van der Waals surface area contributed by atoms with E-state index < -0.39 is 6.04 Å². The lowest BCUT2D eigenvalue weighted by Gasteiger charge is -2.27. The van der Waals surface area contributed by atoms with Crippen molar-refractivity contribution >= 4 is 23.3 Å². The fourth-order valence-electron chi connectivity index (χ4n) is 2.36. The second kappa shape index (κ2) is 9.17. The van der Waals surface area contributed by atoms with Crippen LogP contribution in [0.15, 0.2) is 24.3 Å². The maximum Gasteiger partial charge on any atom is 0.241 e. The van der Waals surface area contributed by atoms with Gasteiger partial charge in [-0.05, 0) is 46.9 Å². The Labute approximate surface area is 143 Å². The highest BCUT2D eigenvalue weighted by molar-refractivity contribution is 6.04. The van der Waals surface area contributed by atoms with Crippen LogP contribution in [0.4, 0.5) is 5.69 Å². The number of benzene rings is 1. The number of Topliss-reactive ketones (excluding diaryl/α,β-unsaturated/α-hetero) is 1. The average molecular weight is 333 g/mol. The first-order valence-corrected chi connectivity index (χ1v) is 8.20. The molecule has 1 atom stereocenters. The van der Waals surface area contributed by atoms with E-state index in [1.165, 1.54) is 6.92 Å². The molecule has 0 radical (unpaired) electrons. The van der Waals surface area contributed by atoms with Crippen LogP contribution in [0.25, 0.3) is 0 Å². The van der Waals surface area contributed by atoms with E-state index >= 15 is 0 Å². The lowest BCUT2D eigenvalue weighted by molar-refractivity contribution is -0.133. The number of ketones is 1. The van der Waals surface area contributed by atoms with E-state index in [1.807, 2.05) is 13.8 Å². The molecule has 24 heavy (non-hydrogen) atoms. The maximum atomic E-state index is 12.4. The van der Waals surface area contributed by atoms with Crippen molar-refractivity contribution in [3.8, 4) is 0 Å². The van der Waals surface area contributed by atoms with Crippen LogP contribution in [0.1, 0.15) is 38.1 Å². The molecule has 0 aliphatic rings. The van der Waals surface area contributed by atoms with Gasteiger partial charge in [-0.25, -0.2) is 0 Å². The molecular formula is C18H27N3O3. The molecule has 132 valence electrons. The Hall–Kier alpha value is -2.21. The first-order chi connectivity index (χ1) is 11.3. The lowest BCUT2D eigenvalue weighted by atomic mass is 10.1. The van der Waals surface area contributed by atoms with E-state index in [1.54, 1.807) is 48.0 Å². The fraction of sp³-hybridized carbons (Fsp3) is 0.500. The molecule has 0 aromatic heterocycles. The summed E-state index contributed by atoms with van der Waals surface area (Å²) in [7, 11) is 1.74. The summed E-state index contributed by atoms with van der Waals surface area (Å²) in [6.45, 7) is 8.52. The number of carbonyl (C=O) groups excluding carboxylic acids is 3. The molecule has 1 unspecified atom stereocenters. The van der Waals surface area contributed by atoms with Crippen LogP contribution in [0.3, 0.4) is 0 Å². The summed E-state index contributed by atoms with van der Waals surface area (Å²) in [5, 5.41) is 2.78. The predicted octanol–water partition coefficient (Wildman–Crippen LogP) is 2.02. The third-order valence-corrected chi connectivity index (χ3v) is 4.11. The molecule has 1 aromatic rings. The normalized spacial score (nSPS) is 11.9. The molecule has 2 amide bonds. The van der Waals surface area contributed by atoms with E-state index in [9.17, 15) is 14.4 Å². The molecule has 0 aliphatic heterocycles. The highest BCUT2D eigenvalue weighted by Gasteiger charge is 2.22. The van der Waals surface area contributed by atoms with Crippen molar-refractivity contribution in [2.24, 2.45) is 0 Å². The van der Waals surface area contributed by atoms with E-state index in [-0.39, 0.29) is 24.1 Å². The largest absolute Gasteiger partial charge is 0.342 e. The minimum absolute atomic E-state index is 0.00807. The van der Waals surface area contributed by atoms with Crippen LogP contribution >= 0.6 is 0 Å². The average Bonchev–Trinajstić information content (AvgIpc) is 2.55. The number of nitrogens with one attached hydrogen (secondary N) is 1. The second-order valence-corrected chi connectivity index (χ2v) is 5.75. The van der Waals surface area contributed by atoms with Gasteiger partial charge in [-0.3, -0.25) is 19.3 Å². The lowest BCUT2D eigenvalue weighted by Crippen LogP contribution is -2.46. The molecule has 1 rings (SSSR count). The van der Waals surface area contributed by atoms with Gasteiger partial charge in [0.05, 0.1) is 18.3 Å². The van der Waals surface area contributed by atoms with Crippen molar-refractivity contribution in [1.29, 1.82) is 0 Å². The molecule has 1 N–H and O–H groups in total. The smallest absolute Gasteiger partial charge is 0.241 e. The Morgan fingerprint density at radius 1 is 1.12 bits per heavy atom. The number of amides is 2. The summed E-state index contributed by atoms with van der Waals surface area (Å²) in [6, 6.07) is 6.40. The molecule has 6 nitrogen and oxygen atoms in total. The molecule has 0 aliphatic carbocycles. The van der Waals surface area contributed by atoms with E-state index in [0.717, 1.165) is 0 Å². The van der Waals surface area contributed by atoms with E-state index in [0.29, 0.717) is 24.3 Å². The molecule has 0 heterocycles. The Morgan fingerprint density at radius 2 is 1.71 bits per heavy atom. The topological polar surface area (TPSA) is 69.7 Å². The van der Waals surface area contributed by atoms with Crippen LogP contribution in [-0.2, 0) is 9.59 Å². The van der Waals surface area contributed by atoms with Crippen molar-refractivity contribution in [2.75, 3.05) is 32.0 Å². The van der Waals surface area contributed by atoms with Gasteiger partial charge < -0.3 is 10.2 Å². The fourth-order valence-corrected chi connectivity index (χ4v) is 2.36. The third kappa shape index (κ3) is 5.16. The van der Waals surface area contributed by atoms with Crippen LogP contribution in [0, 0.1) is 0 Å². The monoisotopic (exact) mass is 333 g/mol. The molecule has 0 saturated carbocycles. The van der Waals surface area contributed by atoms with Gasteiger partial charge in [0.15, 0.2) is 5.78 Å². The number of nitrogens with zero attached hydrogens (tertiary/aromatic N) is 2. The summed E-state index contributed by atoms with van der Waals surface area (Å²) in [5.41, 5.74) is 0.963. The highest BCUT2D eigenvalue weighted by atomic mass is 16.2. The predicted molar refractivity (Wildman–Crippen MR) is 95.1 cm³/mol. The van der Waals surface area contributed by atoms with Crippen molar-refractivity contribution in [1.82, 2.24) is 9.80 Å². The van der Waals surface area contributed by atoms with Crippen LogP contribution < -0.4 is 5.32 Å². The van der Waals surface area contributed by atoms with Crippen molar-refractivity contribution < 1.29 is 14.4 Å². The first kappa shape index (κ1) is 19.8. The van der Waals surface area contributed by atoms with Gasteiger partial charge in [0.1, 0.15) is 0 Å². The van der Waals surface area contributed by atoms with Crippen molar-refractivity contribution in [3.05, 3.63) is 29.8 Å². The molecule has 1 aromatic carbocycles. The summed E-state index contributed by atoms with van der Waals surface area (Å²) in [4.78, 5) is 39.6. The van der Waals surface area contributed by atoms with Gasteiger partial charge in [-0.2, -0.15) is 0 Å². The minimum atomic E-state index is -0.496. The maximum absolute atomic E-state index is 12.4. The molecule has 0 bridgehead atoms. The molecular weight excluding hydrogens is 306 g/mol. The van der Waals surface area contributed by atoms with Crippen LogP contribution in [0.5, 0.6) is 0 Å². The second-order valence-electron chi connectivity index (χ2n) is 5.75. The van der Waals surface area contributed by atoms with Crippen molar-refractivity contribution in [3.63, 3.8) is 0 Å². The SMILES string of the molecule is CCN(CC)C(=O)CN(C)C(C)C(=O)Nc1ccccc1C(C)=O. The number of carbonyl (C=O) groups is 3. The summed E-state index contributed by atoms with van der Waals surface area (Å²) < 4.78 is 0. The third-order valence-electron chi connectivity index (χ3n) is 4.11. The van der Waals surface area contributed by atoms with Crippen LogP contribution in [0.2, 0.25) is 0 Å². The van der Waals surface area contributed by atoms with Crippen LogP contribution in [-0.4, -0.2) is 60.1 Å². The molecule has 0 saturated heterocycles. The number of rotatable bonds is 8. The number of hydrogen-bond acceptors (Lipinski definition) is 4. The Bertz CT molecular complexity index is 597. The van der Waals surface area contributed by atoms with Gasteiger partial charge >= 0.3 is 0 Å². The van der Waals surface area contributed by atoms with Crippen molar-refractivity contribution in [2.45, 2.75) is 33.7 Å². The first-order valence-electron chi connectivity index (χ1n) is 8.20. The molecule has 6 heteroatoms. The van der Waals surface area contributed by atoms with E-state index in [2.05, 4.69) is 5.32 Å². The molecule has 0 fully saturated rings. The summed E-state index contributed by atoms with van der Waals surface area (Å²) >= 11 is 0. The van der Waals surface area contributed by atoms with Gasteiger partial charge in [0.2, 0.25) is 11.8 Å². The number of likely N-dealkylation sites (N-methyl/N-ethyl adjacent to an activating group) is 2. The zero-order valence-corrected chi connectivity index (χ0v) is 15.1. The Kier molecular flexibility index (Phi) is 7.58. The highest BCUT2D eigenvalue weighted by Crippen LogP contribution is 2.16. The Morgan fingerprint density at radius 3 is 2.25 bits per heavy atom. The van der Waals surface area contributed by atoms with E-state index in [4.69, 9.17) is 0 Å². The summed E-state index contributed by atoms with van der Waals surface area (Å²) in [6.07, 6.45) is 0. The number of anilines is 1. The quantitative estimate of drug-likeness (QED) is 0.739.